The summed E-state index contributed by atoms with van der Waals surface area (Å²) < 4.78 is 4.96. The number of carbonyl (C=O) groups is 1. The molecule has 0 saturated heterocycles. The normalized spacial score (nSPS) is 8.58. The molecule has 68 valence electrons. The first-order valence-corrected chi connectivity index (χ1v) is 3.70. The standard InChI is InChI=1S/C9H15NO2/c1-7(2)9(5-10-6-11)8(3)12-4/h6H,3,5H2,1-2,4H3,(H,10,11). The number of nitrogens with one attached hydrogen (secondary N) is 1. The van der Waals surface area contributed by atoms with Crippen LogP contribution in [0.3, 0.4) is 0 Å². The van der Waals surface area contributed by atoms with Crippen molar-refractivity contribution in [1.29, 1.82) is 0 Å². The van der Waals surface area contributed by atoms with E-state index in [0.29, 0.717) is 18.7 Å². The molecule has 3 nitrogen and oxygen atoms in total. The van der Waals surface area contributed by atoms with Gasteiger partial charge in [0.15, 0.2) is 0 Å². The maximum atomic E-state index is 10.0. The molecule has 0 rings (SSSR count). The highest BCUT2D eigenvalue weighted by atomic mass is 16.5. The number of ether oxygens (including phenoxy) is 1. The first-order chi connectivity index (χ1) is 5.63. The lowest BCUT2D eigenvalue weighted by molar-refractivity contribution is -0.109. The fourth-order valence-electron chi connectivity index (χ4n) is 0.821. The van der Waals surface area contributed by atoms with E-state index < -0.39 is 0 Å². The number of carbonyl (C=O) groups excluding carboxylic acids is 1. The number of amides is 1. The minimum absolute atomic E-state index is 0.471. The summed E-state index contributed by atoms with van der Waals surface area (Å²) in [6, 6.07) is 0. The quantitative estimate of drug-likeness (QED) is 0.382. The van der Waals surface area contributed by atoms with Crippen molar-refractivity contribution in [3.63, 3.8) is 0 Å². The molecule has 1 amide bonds. The molecule has 0 aliphatic heterocycles. The van der Waals surface area contributed by atoms with Gasteiger partial charge in [0.1, 0.15) is 5.76 Å². The SMILES string of the molecule is C=C(OC)C(CNC=O)=C(C)C. The van der Waals surface area contributed by atoms with Crippen molar-refractivity contribution in [2.24, 2.45) is 0 Å². The molecule has 0 spiro atoms. The molecular formula is C9H15NO2. The van der Waals surface area contributed by atoms with Gasteiger partial charge in [-0.2, -0.15) is 0 Å². The molecule has 0 bridgehead atoms. The van der Waals surface area contributed by atoms with Gasteiger partial charge >= 0.3 is 0 Å². The summed E-state index contributed by atoms with van der Waals surface area (Å²) >= 11 is 0. The van der Waals surface area contributed by atoms with Crippen LogP contribution in [0.2, 0.25) is 0 Å². The van der Waals surface area contributed by atoms with Gasteiger partial charge in [0, 0.05) is 12.1 Å². The predicted molar refractivity (Wildman–Crippen MR) is 48.6 cm³/mol. The number of hydrogen-bond donors (Lipinski definition) is 1. The van der Waals surface area contributed by atoms with Crippen LogP contribution in [0.25, 0.3) is 0 Å². The smallest absolute Gasteiger partial charge is 0.207 e. The van der Waals surface area contributed by atoms with Crippen molar-refractivity contribution in [2.75, 3.05) is 13.7 Å². The van der Waals surface area contributed by atoms with Crippen molar-refractivity contribution in [3.8, 4) is 0 Å². The van der Waals surface area contributed by atoms with Gasteiger partial charge in [-0.05, 0) is 13.8 Å². The topological polar surface area (TPSA) is 38.3 Å². The third-order valence-electron chi connectivity index (χ3n) is 1.55. The zero-order valence-corrected chi connectivity index (χ0v) is 7.81. The zero-order valence-electron chi connectivity index (χ0n) is 7.81. The molecule has 0 aromatic rings. The Morgan fingerprint density at radius 2 is 2.17 bits per heavy atom. The van der Waals surface area contributed by atoms with Crippen molar-refractivity contribution in [3.05, 3.63) is 23.5 Å². The minimum atomic E-state index is 0.471. The van der Waals surface area contributed by atoms with Crippen molar-refractivity contribution in [1.82, 2.24) is 5.32 Å². The van der Waals surface area contributed by atoms with Crippen LogP contribution in [-0.2, 0) is 9.53 Å². The summed E-state index contributed by atoms with van der Waals surface area (Å²) in [4.78, 5) is 10.0. The second-order valence-electron chi connectivity index (χ2n) is 2.60. The number of allylic oxidation sites excluding steroid dienone is 1. The molecule has 0 aromatic heterocycles. The largest absolute Gasteiger partial charge is 0.497 e. The van der Waals surface area contributed by atoms with Crippen LogP contribution in [0.5, 0.6) is 0 Å². The lowest BCUT2D eigenvalue weighted by Gasteiger charge is -2.10. The highest BCUT2D eigenvalue weighted by Crippen LogP contribution is 2.11. The Hall–Kier alpha value is -1.25. The Morgan fingerprint density at radius 1 is 1.58 bits per heavy atom. The number of rotatable bonds is 5. The van der Waals surface area contributed by atoms with E-state index in [0.717, 1.165) is 11.1 Å². The molecular weight excluding hydrogens is 154 g/mol. The highest BCUT2D eigenvalue weighted by molar-refractivity contribution is 5.48. The lowest BCUT2D eigenvalue weighted by atomic mass is 10.1. The second-order valence-corrected chi connectivity index (χ2v) is 2.60. The molecule has 1 N–H and O–H groups in total. The Labute approximate surface area is 73.1 Å². The molecule has 0 radical (unpaired) electrons. The summed E-state index contributed by atoms with van der Waals surface area (Å²) in [5.74, 6) is 0.601. The van der Waals surface area contributed by atoms with Gasteiger partial charge in [0.2, 0.25) is 6.41 Å². The molecule has 0 aliphatic carbocycles. The van der Waals surface area contributed by atoms with Crippen LogP contribution in [-0.4, -0.2) is 20.1 Å². The molecule has 0 unspecified atom stereocenters. The lowest BCUT2D eigenvalue weighted by Crippen LogP contribution is -2.16. The maximum Gasteiger partial charge on any atom is 0.207 e. The van der Waals surface area contributed by atoms with Crippen molar-refractivity contribution >= 4 is 6.41 Å². The average molecular weight is 169 g/mol. The van der Waals surface area contributed by atoms with Gasteiger partial charge in [-0.1, -0.05) is 12.2 Å². The zero-order chi connectivity index (χ0) is 9.56. The van der Waals surface area contributed by atoms with E-state index in [2.05, 4.69) is 11.9 Å². The van der Waals surface area contributed by atoms with E-state index in [1.165, 1.54) is 0 Å². The minimum Gasteiger partial charge on any atom is -0.497 e. The van der Waals surface area contributed by atoms with E-state index >= 15 is 0 Å². The summed E-state index contributed by atoms with van der Waals surface area (Å²) in [5.41, 5.74) is 2.03. The second kappa shape index (κ2) is 5.41. The summed E-state index contributed by atoms with van der Waals surface area (Å²) in [5, 5.41) is 2.57. The van der Waals surface area contributed by atoms with Crippen LogP contribution < -0.4 is 5.32 Å². The first kappa shape index (κ1) is 10.8. The molecule has 0 aromatic carbocycles. The molecule has 0 heterocycles. The number of methoxy groups -OCH3 is 1. The molecule has 0 fully saturated rings. The predicted octanol–water partition coefficient (Wildman–Crippen LogP) is 1.23. The third-order valence-corrected chi connectivity index (χ3v) is 1.55. The van der Waals surface area contributed by atoms with Gasteiger partial charge in [-0.15, -0.1) is 0 Å². The van der Waals surface area contributed by atoms with Crippen LogP contribution in [0.4, 0.5) is 0 Å². The molecule has 0 saturated carbocycles. The van der Waals surface area contributed by atoms with Gasteiger partial charge in [0.25, 0.3) is 0 Å². The maximum absolute atomic E-state index is 10.0. The van der Waals surface area contributed by atoms with E-state index in [4.69, 9.17) is 4.74 Å². The fourth-order valence-corrected chi connectivity index (χ4v) is 0.821. The van der Waals surface area contributed by atoms with Gasteiger partial charge in [-0.3, -0.25) is 4.79 Å². The van der Waals surface area contributed by atoms with Crippen LogP contribution >= 0.6 is 0 Å². The monoisotopic (exact) mass is 169 g/mol. The fraction of sp³-hybridized carbons (Fsp3) is 0.444. The van der Waals surface area contributed by atoms with Crippen LogP contribution in [0.1, 0.15) is 13.8 Å². The Kier molecular flexibility index (Phi) is 4.84. The first-order valence-electron chi connectivity index (χ1n) is 3.70. The van der Waals surface area contributed by atoms with Gasteiger partial charge in [-0.25, -0.2) is 0 Å². The Balaban J connectivity index is 4.35. The third kappa shape index (κ3) is 3.23. The van der Waals surface area contributed by atoms with E-state index in [9.17, 15) is 4.79 Å². The van der Waals surface area contributed by atoms with Crippen LogP contribution in [0.15, 0.2) is 23.5 Å². The molecule has 3 heteroatoms. The highest BCUT2D eigenvalue weighted by Gasteiger charge is 2.03. The van der Waals surface area contributed by atoms with Gasteiger partial charge < -0.3 is 10.1 Å². The van der Waals surface area contributed by atoms with E-state index in [1.807, 2.05) is 13.8 Å². The van der Waals surface area contributed by atoms with Crippen molar-refractivity contribution < 1.29 is 9.53 Å². The van der Waals surface area contributed by atoms with Crippen LogP contribution in [0, 0.1) is 0 Å². The van der Waals surface area contributed by atoms with Crippen molar-refractivity contribution in [2.45, 2.75) is 13.8 Å². The van der Waals surface area contributed by atoms with E-state index in [1.54, 1.807) is 7.11 Å². The van der Waals surface area contributed by atoms with Gasteiger partial charge in [0.05, 0.1) is 7.11 Å². The average Bonchev–Trinajstić information content (AvgIpc) is 2.04. The summed E-state index contributed by atoms with van der Waals surface area (Å²) in [6.45, 7) is 8.08. The Bertz CT molecular complexity index is 203. The Morgan fingerprint density at radius 3 is 2.50 bits per heavy atom. The molecule has 0 aliphatic rings. The molecule has 12 heavy (non-hydrogen) atoms. The summed E-state index contributed by atoms with van der Waals surface area (Å²) in [6.07, 6.45) is 0.659. The molecule has 0 atom stereocenters. The summed E-state index contributed by atoms with van der Waals surface area (Å²) in [7, 11) is 1.56. The van der Waals surface area contributed by atoms with E-state index in [-0.39, 0.29) is 0 Å². The number of hydrogen-bond acceptors (Lipinski definition) is 2.